The molecule has 0 aliphatic heterocycles. The Morgan fingerprint density at radius 2 is 1.45 bits per heavy atom. The third kappa shape index (κ3) is 2.48. The third-order valence-electron chi connectivity index (χ3n) is 3.78. The molecule has 1 N–H and O–H groups in total. The van der Waals surface area contributed by atoms with E-state index in [-0.39, 0.29) is 11.8 Å². The normalized spacial score (nSPS) is 11.1. The van der Waals surface area contributed by atoms with Crippen LogP contribution in [-0.2, 0) is 0 Å². The van der Waals surface area contributed by atoms with Crippen LogP contribution in [-0.4, -0.2) is 19.9 Å². The first kappa shape index (κ1) is 14.3. The zero-order valence-electron chi connectivity index (χ0n) is 13.0. The van der Waals surface area contributed by atoms with E-state index in [4.69, 9.17) is 0 Å². The molecule has 0 saturated heterocycles. The maximum atomic E-state index is 10.3. The number of hydrogen-bond acceptors (Lipinski definition) is 3. The van der Waals surface area contributed by atoms with E-state index in [1.807, 2.05) is 48.0 Å². The van der Waals surface area contributed by atoms with Gasteiger partial charge in [-0.3, -0.25) is 9.67 Å². The molecule has 0 aliphatic rings. The average molecular weight is 293 g/mol. The summed E-state index contributed by atoms with van der Waals surface area (Å²) in [5.41, 5.74) is 4.58. The molecule has 0 radical (unpaired) electrons. The van der Waals surface area contributed by atoms with Gasteiger partial charge >= 0.3 is 0 Å². The molecular formula is C18H19N3O. The Labute approximate surface area is 130 Å². The number of aromatic nitrogens is 3. The molecule has 2 aromatic heterocycles. The lowest BCUT2D eigenvalue weighted by molar-refractivity contribution is 0.461. The summed E-state index contributed by atoms with van der Waals surface area (Å²) in [6.07, 6.45) is 3.56. The number of nitrogens with zero attached hydrogens (tertiary/aromatic N) is 3. The minimum atomic E-state index is 0.218. The molecule has 3 rings (SSSR count). The summed E-state index contributed by atoms with van der Waals surface area (Å²) < 4.78 is 1.85. The summed E-state index contributed by atoms with van der Waals surface area (Å²) in [6, 6.07) is 12.2. The standard InChI is InChI=1S/C18H19N3O/c1-12(2)21-13(3)18(22)17(20-21)16-6-4-14(5-7-16)15-8-10-19-11-9-15/h4-12,22H,1-3H3. The molecule has 0 fully saturated rings. The molecule has 0 bridgehead atoms. The molecule has 4 nitrogen and oxygen atoms in total. The van der Waals surface area contributed by atoms with E-state index < -0.39 is 0 Å². The smallest absolute Gasteiger partial charge is 0.164 e. The number of pyridine rings is 1. The first-order chi connectivity index (χ1) is 10.6. The average Bonchev–Trinajstić information content (AvgIpc) is 2.85. The van der Waals surface area contributed by atoms with E-state index in [0.717, 1.165) is 22.4 Å². The summed E-state index contributed by atoms with van der Waals surface area (Å²) in [4.78, 5) is 4.03. The van der Waals surface area contributed by atoms with Crippen LogP contribution < -0.4 is 0 Å². The number of aromatic hydroxyl groups is 1. The second-order valence-corrected chi connectivity index (χ2v) is 5.63. The molecule has 1 aromatic carbocycles. The summed E-state index contributed by atoms with van der Waals surface area (Å²) in [7, 11) is 0. The van der Waals surface area contributed by atoms with Crippen LogP contribution in [0.4, 0.5) is 0 Å². The highest BCUT2D eigenvalue weighted by Gasteiger charge is 2.16. The SMILES string of the molecule is Cc1c(O)c(-c2ccc(-c3ccncc3)cc2)nn1C(C)C. The van der Waals surface area contributed by atoms with Crippen molar-refractivity contribution in [3.8, 4) is 28.1 Å². The van der Waals surface area contributed by atoms with Gasteiger partial charge in [-0.2, -0.15) is 5.10 Å². The van der Waals surface area contributed by atoms with E-state index in [1.54, 1.807) is 12.4 Å². The Balaban J connectivity index is 1.99. The summed E-state index contributed by atoms with van der Waals surface area (Å²) >= 11 is 0. The van der Waals surface area contributed by atoms with Crippen LogP contribution >= 0.6 is 0 Å². The Morgan fingerprint density at radius 3 is 2.00 bits per heavy atom. The fraction of sp³-hybridized carbons (Fsp3) is 0.222. The first-order valence-electron chi connectivity index (χ1n) is 7.37. The summed E-state index contributed by atoms with van der Waals surface area (Å²) in [5.74, 6) is 0.255. The van der Waals surface area contributed by atoms with Crippen LogP contribution in [0.3, 0.4) is 0 Å². The predicted octanol–water partition coefficient (Wildman–Crippen LogP) is 4.21. The van der Waals surface area contributed by atoms with Gasteiger partial charge in [0.2, 0.25) is 0 Å². The largest absolute Gasteiger partial charge is 0.504 e. The number of benzene rings is 1. The maximum Gasteiger partial charge on any atom is 0.164 e. The minimum Gasteiger partial charge on any atom is -0.504 e. The lowest BCUT2D eigenvalue weighted by Gasteiger charge is -2.06. The van der Waals surface area contributed by atoms with Crippen LogP contribution in [0, 0.1) is 6.92 Å². The van der Waals surface area contributed by atoms with Crippen molar-refractivity contribution >= 4 is 0 Å². The molecular weight excluding hydrogens is 274 g/mol. The van der Waals surface area contributed by atoms with Gasteiger partial charge < -0.3 is 5.11 Å². The van der Waals surface area contributed by atoms with E-state index in [2.05, 4.69) is 23.9 Å². The van der Waals surface area contributed by atoms with Gasteiger partial charge in [-0.1, -0.05) is 24.3 Å². The van der Waals surface area contributed by atoms with Gasteiger partial charge in [0.25, 0.3) is 0 Å². The van der Waals surface area contributed by atoms with Crippen molar-refractivity contribution in [1.29, 1.82) is 0 Å². The van der Waals surface area contributed by atoms with Gasteiger partial charge in [0, 0.05) is 24.0 Å². The molecule has 0 saturated carbocycles. The Morgan fingerprint density at radius 1 is 0.909 bits per heavy atom. The van der Waals surface area contributed by atoms with E-state index in [1.165, 1.54) is 0 Å². The Kier molecular flexibility index (Phi) is 3.67. The van der Waals surface area contributed by atoms with Gasteiger partial charge in [-0.05, 0) is 44.0 Å². The van der Waals surface area contributed by atoms with Crippen molar-refractivity contribution in [1.82, 2.24) is 14.8 Å². The predicted molar refractivity (Wildman–Crippen MR) is 87.7 cm³/mol. The van der Waals surface area contributed by atoms with Crippen molar-refractivity contribution in [2.24, 2.45) is 0 Å². The van der Waals surface area contributed by atoms with Gasteiger partial charge in [-0.15, -0.1) is 0 Å². The highest BCUT2D eigenvalue weighted by atomic mass is 16.3. The number of rotatable bonds is 3. The molecule has 0 atom stereocenters. The van der Waals surface area contributed by atoms with Gasteiger partial charge in [0.05, 0.1) is 5.69 Å². The Bertz CT molecular complexity index is 774. The highest BCUT2D eigenvalue weighted by molar-refractivity contribution is 5.71. The number of hydrogen-bond donors (Lipinski definition) is 1. The first-order valence-corrected chi connectivity index (χ1v) is 7.37. The monoisotopic (exact) mass is 293 g/mol. The van der Waals surface area contributed by atoms with Crippen molar-refractivity contribution in [3.05, 3.63) is 54.5 Å². The maximum absolute atomic E-state index is 10.3. The van der Waals surface area contributed by atoms with Gasteiger partial charge in [0.1, 0.15) is 5.69 Å². The zero-order chi connectivity index (χ0) is 15.7. The van der Waals surface area contributed by atoms with Crippen LogP contribution in [0.15, 0.2) is 48.8 Å². The minimum absolute atomic E-state index is 0.218. The molecule has 0 amide bonds. The lowest BCUT2D eigenvalue weighted by Crippen LogP contribution is -2.04. The van der Waals surface area contributed by atoms with E-state index in [9.17, 15) is 5.11 Å². The second kappa shape index (κ2) is 5.64. The molecule has 112 valence electrons. The molecule has 0 unspecified atom stereocenters. The lowest BCUT2D eigenvalue weighted by atomic mass is 10.0. The molecule has 3 aromatic rings. The van der Waals surface area contributed by atoms with Gasteiger partial charge in [-0.25, -0.2) is 0 Å². The highest BCUT2D eigenvalue weighted by Crippen LogP contribution is 2.33. The third-order valence-corrected chi connectivity index (χ3v) is 3.78. The fourth-order valence-electron chi connectivity index (χ4n) is 2.57. The van der Waals surface area contributed by atoms with E-state index in [0.29, 0.717) is 5.69 Å². The van der Waals surface area contributed by atoms with Crippen LogP contribution in [0.2, 0.25) is 0 Å². The topological polar surface area (TPSA) is 50.9 Å². The van der Waals surface area contributed by atoms with Crippen molar-refractivity contribution < 1.29 is 5.11 Å². The van der Waals surface area contributed by atoms with E-state index >= 15 is 0 Å². The zero-order valence-corrected chi connectivity index (χ0v) is 13.0. The second-order valence-electron chi connectivity index (χ2n) is 5.63. The molecule has 2 heterocycles. The van der Waals surface area contributed by atoms with Crippen molar-refractivity contribution in [3.63, 3.8) is 0 Å². The van der Waals surface area contributed by atoms with Crippen molar-refractivity contribution in [2.45, 2.75) is 26.8 Å². The quantitative estimate of drug-likeness (QED) is 0.787. The molecule has 22 heavy (non-hydrogen) atoms. The van der Waals surface area contributed by atoms with Crippen LogP contribution in [0.5, 0.6) is 5.75 Å². The Hall–Kier alpha value is -2.62. The van der Waals surface area contributed by atoms with Crippen LogP contribution in [0.25, 0.3) is 22.4 Å². The molecule has 0 spiro atoms. The molecule has 4 heteroatoms. The molecule has 0 aliphatic carbocycles. The summed E-state index contributed by atoms with van der Waals surface area (Å²) in [6.45, 7) is 5.99. The summed E-state index contributed by atoms with van der Waals surface area (Å²) in [5, 5.41) is 14.9. The van der Waals surface area contributed by atoms with Gasteiger partial charge in [0.15, 0.2) is 5.75 Å². The van der Waals surface area contributed by atoms with Crippen molar-refractivity contribution in [2.75, 3.05) is 0 Å². The van der Waals surface area contributed by atoms with Crippen LogP contribution in [0.1, 0.15) is 25.6 Å². The fourth-order valence-corrected chi connectivity index (χ4v) is 2.57.